The van der Waals surface area contributed by atoms with Crippen LogP contribution in [-0.4, -0.2) is 29.9 Å². The third-order valence-corrected chi connectivity index (χ3v) is 4.02. The molecule has 1 aromatic carbocycles. The molecule has 20 heavy (non-hydrogen) atoms. The molecule has 1 atom stereocenters. The first-order valence-electron chi connectivity index (χ1n) is 7.02. The summed E-state index contributed by atoms with van der Waals surface area (Å²) in [5, 5.41) is 3.78. The molecular formula is C16H25ClN2O. The maximum absolute atomic E-state index is 12.0. The highest BCUT2D eigenvalue weighted by Gasteiger charge is 2.20. The zero-order valence-corrected chi connectivity index (χ0v) is 13.8. The zero-order valence-electron chi connectivity index (χ0n) is 13.0. The van der Waals surface area contributed by atoms with E-state index in [1.807, 2.05) is 50.1 Å². The Balaban J connectivity index is 2.59. The van der Waals surface area contributed by atoms with Crippen molar-refractivity contribution >= 4 is 17.5 Å². The molecule has 0 radical (unpaired) electrons. The molecule has 1 amide bonds. The minimum atomic E-state index is -0.151. The Kier molecular flexibility index (Phi) is 6.03. The summed E-state index contributed by atoms with van der Waals surface area (Å²) in [5.74, 6) is 0.0557. The Hall–Kier alpha value is -1.06. The first-order valence-corrected chi connectivity index (χ1v) is 7.39. The van der Waals surface area contributed by atoms with E-state index >= 15 is 0 Å². The van der Waals surface area contributed by atoms with Crippen LogP contribution < -0.4 is 5.32 Å². The number of nitrogens with zero attached hydrogens (tertiary/aromatic N) is 1. The van der Waals surface area contributed by atoms with Crippen molar-refractivity contribution in [1.82, 2.24) is 10.2 Å². The molecule has 0 aromatic heterocycles. The highest BCUT2D eigenvalue weighted by molar-refractivity contribution is 6.30. The van der Waals surface area contributed by atoms with E-state index in [0.29, 0.717) is 6.54 Å². The van der Waals surface area contributed by atoms with Gasteiger partial charge in [0.05, 0.1) is 6.54 Å². The number of carbonyl (C=O) groups is 1. The van der Waals surface area contributed by atoms with Crippen molar-refractivity contribution in [3.63, 3.8) is 0 Å². The quantitative estimate of drug-likeness (QED) is 0.869. The van der Waals surface area contributed by atoms with Crippen LogP contribution in [0.15, 0.2) is 24.3 Å². The third kappa shape index (κ3) is 5.14. The molecule has 0 bridgehead atoms. The topological polar surface area (TPSA) is 32.3 Å². The number of amides is 1. The van der Waals surface area contributed by atoms with E-state index in [1.54, 1.807) is 0 Å². The number of nitrogens with one attached hydrogen (secondary N) is 1. The van der Waals surface area contributed by atoms with Crippen molar-refractivity contribution in [1.29, 1.82) is 0 Å². The maximum Gasteiger partial charge on any atom is 0.234 e. The number of hydrogen-bond donors (Lipinski definition) is 1. The van der Waals surface area contributed by atoms with Gasteiger partial charge in [0.1, 0.15) is 0 Å². The molecule has 0 spiro atoms. The van der Waals surface area contributed by atoms with Gasteiger partial charge in [-0.15, -0.1) is 0 Å². The number of likely N-dealkylation sites (N-methyl/N-ethyl adjacent to an activating group) is 1. The fourth-order valence-electron chi connectivity index (χ4n) is 1.86. The number of benzene rings is 1. The summed E-state index contributed by atoms with van der Waals surface area (Å²) in [6.45, 7) is 8.61. The van der Waals surface area contributed by atoms with Gasteiger partial charge in [-0.1, -0.05) is 30.7 Å². The van der Waals surface area contributed by atoms with Crippen molar-refractivity contribution in [2.45, 2.75) is 45.7 Å². The Labute approximate surface area is 127 Å². The normalized spacial score (nSPS) is 13.3. The molecule has 1 N–H and O–H groups in total. The zero-order chi connectivity index (χ0) is 15.3. The van der Waals surface area contributed by atoms with E-state index in [2.05, 4.69) is 19.2 Å². The van der Waals surface area contributed by atoms with Crippen LogP contribution in [0, 0.1) is 0 Å². The van der Waals surface area contributed by atoms with Crippen LogP contribution in [0.4, 0.5) is 0 Å². The average molecular weight is 297 g/mol. The molecule has 1 aromatic rings. The largest absolute Gasteiger partial charge is 0.350 e. The SMILES string of the molecule is CCC(C)(C)NC(=O)CN(C)C(C)c1ccc(Cl)cc1. The van der Waals surface area contributed by atoms with Crippen molar-refractivity contribution in [2.75, 3.05) is 13.6 Å². The van der Waals surface area contributed by atoms with Gasteiger partial charge < -0.3 is 5.32 Å². The summed E-state index contributed by atoms with van der Waals surface area (Å²) >= 11 is 5.89. The van der Waals surface area contributed by atoms with Gasteiger partial charge in [-0.2, -0.15) is 0 Å². The second kappa shape index (κ2) is 7.09. The van der Waals surface area contributed by atoms with Crippen LogP contribution in [0.1, 0.15) is 45.7 Å². The molecule has 112 valence electrons. The van der Waals surface area contributed by atoms with E-state index in [-0.39, 0.29) is 17.5 Å². The van der Waals surface area contributed by atoms with Gasteiger partial charge in [0, 0.05) is 16.6 Å². The average Bonchev–Trinajstić information content (AvgIpc) is 2.38. The molecule has 4 heteroatoms. The van der Waals surface area contributed by atoms with Crippen LogP contribution in [0.3, 0.4) is 0 Å². The minimum absolute atomic E-state index is 0.0557. The molecule has 0 aliphatic carbocycles. The number of carbonyl (C=O) groups excluding carboxylic acids is 1. The summed E-state index contributed by atoms with van der Waals surface area (Å²) in [6, 6.07) is 7.92. The fraction of sp³-hybridized carbons (Fsp3) is 0.562. The van der Waals surface area contributed by atoms with E-state index in [1.165, 1.54) is 0 Å². The van der Waals surface area contributed by atoms with Crippen LogP contribution in [-0.2, 0) is 4.79 Å². The predicted octanol–water partition coefficient (Wildman–Crippen LogP) is 3.64. The third-order valence-electron chi connectivity index (χ3n) is 3.77. The molecular weight excluding hydrogens is 272 g/mol. The minimum Gasteiger partial charge on any atom is -0.350 e. The Morgan fingerprint density at radius 2 is 1.90 bits per heavy atom. The Morgan fingerprint density at radius 3 is 2.40 bits per heavy atom. The predicted molar refractivity (Wildman–Crippen MR) is 85.0 cm³/mol. The molecule has 0 saturated carbocycles. The van der Waals surface area contributed by atoms with E-state index in [4.69, 9.17) is 11.6 Å². The van der Waals surface area contributed by atoms with Crippen LogP contribution in [0.5, 0.6) is 0 Å². The molecule has 3 nitrogen and oxygen atoms in total. The molecule has 0 saturated heterocycles. The number of rotatable bonds is 6. The van der Waals surface area contributed by atoms with Gasteiger partial charge in [0.2, 0.25) is 5.91 Å². The summed E-state index contributed by atoms with van der Waals surface area (Å²) < 4.78 is 0. The highest BCUT2D eigenvalue weighted by atomic mass is 35.5. The molecule has 0 aliphatic rings. The van der Waals surface area contributed by atoms with E-state index in [9.17, 15) is 4.79 Å². The second-order valence-corrected chi connectivity index (χ2v) is 6.36. The number of halogens is 1. The highest BCUT2D eigenvalue weighted by Crippen LogP contribution is 2.20. The lowest BCUT2D eigenvalue weighted by Gasteiger charge is -2.28. The smallest absolute Gasteiger partial charge is 0.234 e. The second-order valence-electron chi connectivity index (χ2n) is 5.93. The van der Waals surface area contributed by atoms with Gasteiger partial charge >= 0.3 is 0 Å². The summed E-state index contributed by atoms with van der Waals surface area (Å²) in [6.07, 6.45) is 0.912. The molecule has 0 fully saturated rings. The standard InChI is InChI=1S/C16H25ClN2O/c1-6-16(3,4)18-15(20)11-19(5)12(2)13-7-9-14(17)10-8-13/h7-10,12H,6,11H2,1-5H3,(H,18,20). The van der Waals surface area contributed by atoms with E-state index in [0.717, 1.165) is 17.0 Å². The van der Waals surface area contributed by atoms with Gasteiger partial charge in [0.25, 0.3) is 0 Å². The van der Waals surface area contributed by atoms with Crippen molar-refractivity contribution in [3.8, 4) is 0 Å². The van der Waals surface area contributed by atoms with E-state index < -0.39 is 0 Å². The van der Waals surface area contributed by atoms with Crippen LogP contribution >= 0.6 is 11.6 Å². The van der Waals surface area contributed by atoms with Gasteiger partial charge in [-0.25, -0.2) is 0 Å². The first kappa shape index (κ1) is 17.0. The maximum atomic E-state index is 12.0. The molecule has 0 aliphatic heterocycles. The lowest BCUT2D eigenvalue weighted by Crippen LogP contribution is -2.47. The lowest BCUT2D eigenvalue weighted by atomic mass is 10.0. The van der Waals surface area contributed by atoms with Crippen molar-refractivity contribution in [3.05, 3.63) is 34.9 Å². The Morgan fingerprint density at radius 1 is 1.35 bits per heavy atom. The summed E-state index contributed by atoms with van der Waals surface area (Å²) in [5.41, 5.74) is 1.00. The Bertz CT molecular complexity index is 442. The molecule has 1 unspecified atom stereocenters. The van der Waals surface area contributed by atoms with Crippen molar-refractivity contribution in [2.24, 2.45) is 0 Å². The fourth-order valence-corrected chi connectivity index (χ4v) is 1.99. The lowest BCUT2D eigenvalue weighted by molar-refractivity contribution is -0.124. The van der Waals surface area contributed by atoms with Gasteiger partial charge in [-0.05, 0) is 51.9 Å². The first-order chi connectivity index (χ1) is 9.25. The van der Waals surface area contributed by atoms with Gasteiger partial charge in [-0.3, -0.25) is 9.69 Å². The van der Waals surface area contributed by atoms with Crippen molar-refractivity contribution < 1.29 is 4.79 Å². The molecule has 1 rings (SSSR count). The summed E-state index contributed by atoms with van der Waals surface area (Å²) in [4.78, 5) is 14.1. The van der Waals surface area contributed by atoms with Gasteiger partial charge in [0.15, 0.2) is 0 Å². The number of hydrogen-bond acceptors (Lipinski definition) is 2. The summed E-state index contributed by atoms with van der Waals surface area (Å²) in [7, 11) is 1.96. The monoisotopic (exact) mass is 296 g/mol. The van der Waals surface area contributed by atoms with Crippen LogP contribution in [0.2, 0.25) is 5.02 Å². The molecule has 0 heterocycles. The van der Waals surface area contributed by atoms with Crippen LogP contribution in [0.25, 0.3) is 0 Å².